The van der Waals surface area contributed by atoms with Crippen molar-refractivity contribution < 1.29 is 74.8 Å². The van der Waals surface area contributed by atoms with Crippen LogP contribution < -0.4 is 0 Å². The normalized spacial score (nSPS) is 55.5. The lowest BCUT2D eigenvalue weighted by molar-refractivity contribution is -0.370. The van der Waals surface area contributed by atoms with Crippen molar-refractivity contribution in [3.8, 4) is 0 Å². The molecule has 15 nitrogen and oxygen atoms in total. The van der Waals surface area contributed by atoms with Crippen molar-refractivity contribution in [2.45, 2.75) is 167 Å². The van der Waals surface area contributed by atoms with Gasteiger partial charge in [-0.05, 0) is 90.8 Å². The number of ether oxygens (including phenoxy) is 4. The fraction of sp³-hybridized carbons (Fsp3) is 0.927. The van der Waals surface area contributed by atoms with Gasteiger partial charge < -0.3 is 70.0 Å². The highest BCUT2D eigenvalue weighted by molar-refractivity contribution is 5.77. The molecule has 10 N–H and O–H groups in total. The topological polar surface area (TPSA) is 256 Å². The van der Waals surface area contributed by atoms with Crippen LogP contribution in [0.3, 0.4) is 0 Å². The van der Waals surface area contributed by atoms with Crippen LogP contribution in [0.15, 0.2) is 11.6 Å². The third-order valence-corrected chi connectivity index (χ3v) is 17.0. The molecule has 20 atom stereocenters. The summed E-state index contributed by atoms with van der Waals surface area (Å²) in [4.78, 5) is 14.0. The van der Waals surface area contributed by atoms with Crippen LogP contribution >= 0.6 is 0 Å². The van der Waals surface area contributed by atoms with Crippen LogP contribution in [0.1, 0.15) is 92.9 Å². The first-order valence-corrected chi connectivity index (χ1v) is 20.6. The Morgan fingerprint density at radius 1 is 0.804 bits per heavy atom. The fourth-order valence-corrected chi connectivity index (χ4v) is 13.5. The lowest BCUT2D eigenvalue weighted by atomic mass is 9.33. The minimum absolute atomic E-state index is 0.0189. The van der Waals surface area contributed by atoms with Gasteiger partial charge in [0.2, 0.25) is 0 Å². The molecule has 0 spiro atoms. The van der Waals surface area contributed by atoms with Crippen LogP contribution in [0.2, 0.25) is 0 Å². The van der Waals surface area contributed by atoms with E-state index in [1.807, 2.05) is 6.92 Å². The number of fused-ring (bicyclic) bond motifs is 7. The second kappa shape index (κ2) is 14.4. The van der Waals surface area contributed by atoms with E-state index in [-0.39, 0.29) is 36.7 Å². The zero-order valence-corrected chi connectivity index (χ0v) is 33.5. The van der Waals surface area contributed by atoms with Gasteiger partial charge in [0.25, 0.3) is 0 Å². The summed E-state index contributed by atoms with van der Waals surface area (Å²) in [6.07, 6.45) is -11.2. The predicted molar refractivity (Wildman–Crippen MR) is 196 cm³/mol. The molecule has 0 aromatic heterocycles. The van der Waals surface area contributed by atoms with Gasteiger partial charge >= 0.3 is 5.97 Å². The molecule has 6 fully saturated rings. The Hall–Kier alpha value is -1.31. The van der Waals surface area contributed by atoms with E-state index in [4.69, 9.17) is 18.9 Å². The van der Waals surface area contributed by atoms with E-state index in [0.717, 1.165) is 5.57 Å². The minimum Gasteiger partial charge on any atom is -0.481 e. The summed E-state index contributed by atoms with van der Waals surface area (Å²) in [5, 5.41) is 108. The lowest BCUT2D eigenvalue weighted by Crippen LogP contribution is -2.70. The van der Waals surface area contributed by atoms with Gasteiger partial charge in [-0.25, -0.2) is 0 Å². The Balaban J connectivity index is 1.31. The Kier molecular flexibility index (Phi) is 11.0. The molecule has 320 valence electrons. The smallest absolute Gasteiger partial charge is 0.312 e. The van der Waals surface area contributed by atoms with E-state index in [1.165, 1.54) is 0 Å². The molecule has 0 aromatic rings. The van der Waals surface area contributed by atoms with Crippen molar-refractivity contribution >= 4 is 5.97 Å². The van der Waals surface area contributed by atoms with Crippen LogP contribution in [0.25, 0.3) is 0 Å². The summed E-state index contributed by atoms with van der Waals surface area (Å²) >= 11 is 0. The first kappa shape index (κ1) is 42.8. The van der Waals surface area contributed by atoms with Crippen LogP contribution in [0.4, 0.5) is 0 Å². The number of carboxylic acids is 1. The Morgan fingerprint density at radius 3 is 2.14 bits per heavy atom. The van der Waals surface area contributed by atoms with Gasteiger partial charge in [-0.2, -0.15) is 0 Å². The van der Waals surface area contributed by atoms with Crippen molar-refractivity contribution in [2.24, 2.45) is 50.2 Å². The minimum atomic E-state index is -1.76. The van der Waals surface area contributed by atoms with Gasteiger partial charge in [0, 0.05) is 5.41 Å². The second-order valence-electron chi connectivity index (χ2n) is 20.3. The molecule has 5 aliphatic carbocycles. The highest BCUT2D eigenvalue weighted by Gasteiger charge is 2.73. The zero-order chi connectivity index (χ0) is 41.1. The van der Waals surface area contributed by atoms with Crippen LogP contribution in [0.5, 0.6) is 0 Å². The molecular formula is C41H66O15. The van der Waals surface area contributed by atoms with Gasteiger partial charge in [0.15, 0.2) is 12.6 Å². The quantitative estimate of drug-likeness (QED) is 0.157. The summed E-state index contributed by atoms with van der Waals surface area (Å²) < 4.78 is 24.5. The van der Waals surface area contributed by atoms with Crippen LogP contribution in [0, 0.1) is 50.2 Å². The molecule has 0 aromatic carbocycles. The van der Waals surface area contributed by atoms with E-state index in [2.05, 4.69) is 40.7 Å². The van der Waals surface area contributed by atoms with E-state index in [0.29, 0.717) is 38.5 Å². The van der Waals surface area contributed by atoms with Gasteiger partial charge in [-0.15, -0.1) is 0 Å². The monoisotopic (exact) mass is 798 g/mol. The van der Waals surface area contributed by atoms with Crippen molar-refractivity contribution in [1.29, 1.82) is 0 Å². The maximum atomic E-state index is 14.0. The predicted octanol–water partition coefficient (Wildman–Crippen LogP) is 0.435. The largest absolute Gasteiger partial charge is 0.481 e. The van der Waals surface area contributed by atoms with Gasteiger partial charge in [-0.3, -0.25) is 4.79 Å². The first-order chi connectivity index (χ1) is 26.1. The highest BCUT2D eigenvalue weighted by Crippen LogP contribution is 2.76. The molecule has 2 heterocycles. The molecular weight excluding hydrogens is 732 g/mol. The summed E-state index contributed by atoms with van der Waals surface area (Å²) in [7, 11) is 0. The van der Waals surface area contributed by atoms with E-state index in [1.54, 1.807) is 0 Å². The molecule has 15 heteroatoms. The maximum Gasteiger partial charge on any atom is 0.312 e. The molecule has 0 bridgehead atoms. The number of allylic oxidation sites excluding steroid dienone is 2. The number of aliphatic hydroxyl groups is 9. The number of carboxylic acid groups (broad SMARTS) is 1. The molecule has 0 amide bonds. The molecule has 7 aliphatic rings. The lowest BCUT2D eigenvalue weighted by Gasteiger charge is -2.72. The van der Waals surface area contributed by atoms with Crippen molar-refractivity contribution in [3.63, 3.8) is 0 Å². The third-order valence-electron chi connectivity index (χ3n) is 17.0. The molecule has 56 heavy (non-hydrogen) atoms. The Bertz CT molecular complexity index is 1520. The van der Waals surface area contributed by atoms with Crippen LogP contribution in [-0.4, -0.2) is 150 Å². The Labute approximate surface area is 328 Å². The average molecular weight is 799 g/mol. The number of aliphatic carboxylic acids is 1. The SMILES string of the molecule is CC1(C)CC[C@]2(C(=O)O)[C@H](O[C@@H]3O[C@H](CO)[C@@H](O)[C@H](O)[C@H]3O[C@@H]3OC[C@H](O)[C@H](O)[C@H]3O)C[C@]3(C)C(=CC[C@@H]4[C@@]5(C)C[C@H](O)[C@H](O)[C@@](C)(CO)[C@@H]5CC[C@]43C)[C@@H]2C1. The second-order valence-corrected chi connectivity index (χ2v) is 20.3. The number of hydrogen-bond donors (Lipinski definition) is 10. The van der Waals surface area contributed by atoms with E-state index >= 15 is 0 Å². The molecule has 4 saturated carbocycles. The summed E-state index contributed by atoms with van der Waals surface area (Å²) in [5.41, 5.74) is -3.12. The van der Waals surface area contributed by atoms with Gasteiger partial charge in [0.05, 0.1) is 38.1 Å². The van der Waals surface area contributed by atoms with Gasteiger partial charge in [-0.1, -0.05) is 53.2 Å². The maximum absolute atomic E-state index is 14.0. The number of aliphatic hydroxyl groups excluding tert-OH is 9. The van der Waals surface area contributed by atoms with Crippen molar-refractivity contribution in [2.75, 3.05) is 19.8 Å². The fourth-order valence-electron chi connectivity index (χ4n) is 13.5. The third kappa shape index (κ3) is 6.04. The van der Waals surface area contributed by atoms with Crippen molar-refractivity contribution in [1.82, 2.24) is 0 Å². The number of hydrogen-bond acceptors (Lipinski definition) is 14. The van der Waals surface area contributed by atoms with E-state index < -0.39 is 126 Å². The summed E-state index contributed by atoms with van der Waals surface area (Å²) in [6.45, 7) is 11.4. The summed E-state index contributed by atoms with van der Waals surface area (Å²) in [6, 6.07) is 0. The van der Waals surface area contributed by atoms with Gasteiger partial charge in [0.1, 0.15) is 48.1 Å². The molecule has 2 saturated heterocycles. The standard InChI is InChI=1S/C41H66O15/c1-36(2)11-12-41(35(51)52)20(13-36)19-7-8-25-37(3)14-21(44)32(50)38(4,18-43)24(37)9-10-39(25,5)40(19,6)15-26(41)55-34-31(29(48)28(47)23(16-42)54-34)56-33-30(49)27(46)22(45)17-53-33/h7,20-34,42-50H,8-18H2,1-6H3,(H,51,52)/t20-,21-,22-,23+,24+,25+,26+,27-,28+,29-,30+,31+,32-,33-,34-,37-,38-,39+,40+,41+/m0/s1. The number of rotatable bonds is 7. The zero-order valence-electron chi connectivity index (χ0n) is 33.5. The molecule has 2 aliphatic heterocycles. The summed E-state index contributed by atoms with van der Waals surface area (Å²) in [5.74, 6) is -1.61. The molecule has 7 rings (SSSR count). The highest BCUT2D eigenvalue weighted by atomic mass is 16.8. The Morgan fingerprint density at radius 2 is 1.50 bits per heavy atom. The van der Waals surface area contributed by atoms with Crippen LogP contribution in [-0.2, 0) is 23.7 Å². The number of carbonyl (C=O) groups is 1. The van der Waals surface area contributed by atoms with Crippen molar-refractivity contribution in [3.05, 3.63) is 11.6 Å². The average Bonchev–Trinajstić information content (AvgIpc) is 3.13. The first-order valence-electron chi connectivity index (χ1n) is 20.6. The molecule has 0 unspecified atom stereocenters. The molecule has 0 radical (unpaired) electrons. The van der Waals surface area contributed by atoms with E-state index in [9.17, 15) is 55.9 Å².